The van der Waals surface area contributed by atoms with E-state index in [1.807, 2.05) is 62.4 Å². The van der Waals surface area contributed by atoms with Gasteiger partial charge in [-0.05, 0) is 56.2 Å². The van der Waals surface area contributed by atoms with Gasteiger partial charge in [0.25, 0.3) is 0 Å². The highest BCUT2D eigenvalue weighted by Crippen LogP contribution is 2.17. The Kier molecular flexibility index (Phi) is 6.67. The summed E-state index contributed by atoms with van der Waals surface area (Å²) in [6, 6.07) is 15.7. The van der Waals surface area contributed by atoms with E-state index in [-0.39, 0.29) is 12.0 Å². The number of nitrogens with one attached hydrogen (secondary N) is 2. The average Bonchev–Trinajstić information content (AvgIpc) is 2.56. The lowest BCUT2D eigenvalue weighted by Gasteiger charge is -2.12. The minimum atomic E-state index is 0.0168. The van der Waals surface area contributed by atoms with Crippen molar-refractivity contribution < 1.29 is 9.53 Å². The lowest BCUT2D eigenvalue weighted by molar-refractivity contribution is -0.115. The minimum absolute atomic E-state index is 0.0168. The summed E-state index contributed by atoms with van der Waals surface area (Å²) in [5.41, 5.74) is 3.03. The van der Waals surface area contributed by atoms with E-state index < -0.39 is 0 Å². The molecule has 0 saturated carbocycles. The van der Waals surface area contributed by atoms with Crippen molar-refractivity contribution in [1.29, 1.82) is 0 Å². The number of para-hydroxylation sites is 1. The van der Waals surface area contributed by atoms with E-state index in [9.17, 15) is 4.79 Å². The van der Waals surface area contributed by atoms with Gasteiger partial charge in [0.1, 0.15) is 5.75 Å². The van der Waals surface area contributed by atoms with Crippen LogP contribution in [0.5, 0.6) is 5.75 Å². The van der Waals surface area contributed by atoms with Gasteiger partial charge in [0.05, 0.1) is 6.10 Å². The van der Waals surface area contributed by atoms with E-state index >= 15 is 0 Å². The normalized spacial score (nSPS) is 10.5. The smallest absolute Gasteiger partial charge is 0.226 e. The number of benzene rings is 2. The van der Waals surface area contributed by atoms with Crippen LogP contribution in [-0.4, -0.2) is 18.6 Å². The summed E-state index contributed by atoms with van der Waals surface area (Å²) in [5, 5.41) is 6.23. The lowest BCUT2D eigenvalue weighted by atomic mass is 10.1. The van der Waals surface area contributed by atoms with E-state index in [1.165, 1.54) is 0 Å². The third-order valence-corrected chi connectivity index (χ3v) is 3.58. The zero-order valence-electron chi connectivity index (χ0n) is 14.6. The topological polar surface area (TPSA) is 50.4 Å². The molecule has 0 saturated heterocycles. The molecule has 0 radical (unpaired) electrons. The molecule has 2 aromatic rings. The lowest BCUT2D eigenvalue weighted by Crippen LogP contribution is -2.17. The van der Waals surface area contributed by atoms with Gasteiger partial charge in [-0.25, -0.2) is 0 Å². The molecule has 0 fully saturated rings. The predicted octanol–water partition coefficient (Wildman–Crippen LogP) is 4.48. The Morgan fingerprint density at radius 3 is 2.46 bits per heavy atom. The molecule has 0 aromatic heterocycles. The van der Waals surface area contributed by atoms with Gasteiger partial charge in [-0.15, -0.1) is 0 Å². The highest BCUT2D eigenvalue weighted by Gasteiger charge is 2.05. The molecule has 2 aromatic carbocycles. The van der Waals surface area contributed by atoms with Crippen LogP contribution >= 0.6 is 0 Å². The van der Waals surface area contributed by atoms with Crippen LogP contribution in [0.15, 0.2) is 48.5 Å². The molecular weight excluding hydrogens is 300 g/mol. The third-order valence-electron chi connectivity index (χ3n) is 3.58. The number of rotatable bonds is 8. The Labute approximate surface area is 144 Å². The number of hydrogen-bond donors (Lipinski definition) is 2. The van der Waals surface area contributed by atoms with Gasteiger partial charge in [-0.3, -0.25) is 4.79 Å². The predicted molar refractivity (Wildman–Crippen MR) is 99.8 cm³/mol. The highest BCUT2D eigenvalue weighted by atomic mass is 16.5. The summed E-state index contributed by atoms with van der Waals surface area (Å²) in [6.45, 7) is 6.67. The van der Waals surface area contributed by atoms with Crippen LogP contribution in [0, 0.1) is 0 Å². The summed E-state index contributed by atoms with van der Waals surface area (Å²) in [4.78, 5) is 12.1. The molecule has 0 atom stereocenters. The fraction of sp³-hybridized carbons (Fsp3) is 0.350. The molecule has 24 heavy (non-hydrogen) atoms. The number of carbonyl (C=O) groups excluding carboxylic acids is 1. The fourth-order valence-electron chi connectivity index (χ4n) is 2.41. The fourth-order valence-corrected chi connectivity index (χ4v) is 2.41. The van der Waals surface area contributed by atoms with Crippen LogP contribution in [0.2, 0.25) is 0 Å². The molecule has 2 rings (SSSR count). The van der Waals surface area contributed by atoms with Gasteiger partial charge in [-0.1, -0.05) is 25.1 Å². The molecule has 128 valence electrons. The summed E-state index contributed by atoms with van der Waals surface area (Å²) < 4.78 is 5.61. The molecule has 1 amide bonds. The van der Waals surface area contributed by atoms with Crippen LogP contribution in [0.1, 0.15) is 32.8 Å². The summed E-state index contributed by atoms with van der Waals surface area (Å²) >= 11 is 0. The molecule has 0 unspecified atom stereocenters. The Morgan fingerprint density at radius 2 is 1.79 bits per heavy atom. The maximum Gasteiger partial charge on any atom is 0.226 e. The quantitative estimate of drug-likeness (QED) is 0.752. The van der Waals surface area contributed by atoms with Crippen molar-refractivity contribution >= 4 is 17.3 Å². The van der Waals surface area contributed by atoms with Crippen LogP contribution in [0.4, 0.5) is 11.4 Å². The molecule has 0 spiro atoms. The van der Waals surface area contributed by atoms with Gasteiger partial charge < -0.3 is 15.4 Å². The average molecular weight is 326 g/mol. The third kappa shape index (κ3) is 5.61. The van der Waals surface area contributed by atoms with Crippen molar-refractivity contribution in [2.45, 2.75) is 39.7 Å². The molecule has 4 heteroatoms. The number of anilines is 2. The molecule has 4 nitrogen and oxygen atoms in total. The second kappa shape index (κ2) is 8.96. The van der Waals surface area contributed by atoms with Crippen molar-refractivity contribution in [2.24, 2.45) is 0 Å². The number of carbonyl (C=O) groups is 1. The first-order valence-corrected chi connectivity index (χ1v) is 8.47. The number of aryl methyl sites for hydroxylation is 1. The Bertz CT molecular complexity index is 651. The van der Waals surface area contributed by atoms with E-state index in [1.54, 1.807) is 0 Å². The SMILES string of the molecule is CCc1ccccc1NC(=O)CCNc1ccc(OC(C)C)cc1. The van der Waals surface area contributed by atoms with Crippen molar-refractivity contribution in [3.63, 3.8) is 0 Å². The summed E-state index contributed by atoms with van der Waals surface area (Å²) in [7, 11) is 0. The molecule has 0 aliphatic heterocycles. The van der Waals surface area contributed by atoms with Crippen molar-refractivity contribution in [2.75, 3.05) is 17.2 Å². The van der Waals surface area contributed by atoms with Crippen molar-refractivity contribution in [3.8, 4) is 5.75 Å². The molecule has 0 aliphatic carbocycles. The second-order valence-corrected chi connectivity index (χ2v) is 5.93. The molecule has 2 N–H and O–H groups in total. The van der Waals surface area contributed by atoms with Crippen LogP contribution in [-0.2, 0) is 11.2 Å². The van der Waals surface area contributed by atoms with Crippen LogP contribution < -0.4 is 15.4 Å². The van der Waals surface area contributed by atoms with Gasteiger partial charge in [0.15, 0.2) is 0 Å². The largest absolute Gasteiger partial charge is 0.491 e. The van der Waals surface area contributed by atoms with E-state index in [2.05, 4.69) is 17.6 Å². The van der Waals surface area contributed by atoms with Gasteiger partial charge >= 0.3 is 0 Å². The monoisotopic (exact) mass is 326 g/mol. The second-order valence-electron chi connectivity index (χ2n) is 5.93. The van der Waals surface area contributed by atoms with Crippen molar-refractivity contribution in [1.82, 2.24) is 0 Å². The number of amides is 1. The summed E-state index contributed by atoms with van der Waals surface area (Å²) in [6.07, 6.45) is 1.49. The maximum absolute atomic E-state index is 12.1. The molecule has 0 heterocycles. The molecular formula is C20H26N2O2. The Hall–Kier alpha value is -2.49. The van der Waals surface area contributed by atoms with E-state index in [4.69, 9.17) is 4.74 Å². The Balaban J connectivity index is 1.78. The zero-order chi connectivity index (χ0) is 17.4. The Morgan fingerprint density at radius 1 is 1.08 bits per heavy atom. The van der Waals surface area contributed by atoms with Gasteiger partial charge in [0, 0.05) is 24.3 Å². The molecule has 0 aliphatic rings. The van der Waals surface area contributed by atoms with Gasteiger partial charge in [0.2, 0.25) is 5.91 Å². The number of hydrogen-bond acceptors (Lipinski definition) is 3. The van der Waals surface area contributed by atoms with E-state index in [0.717, 1.165) is 29.1 Å². The van der Waals surface area contributed by atoms with Crippen LogP contribution in [0.3, 0.4) is 0 Å². The van der Waals surface area contributed by atoms with Crippen LogP contribution in [0.25, 0.3) is 0 Å². The van der Waals surface area contributed by atoms with Crippen molar-refractivity contribution in [3.05, 3.63) is 54.1 Å². The van der Waals surface area contributed by atoms with E-state index in [0.29, 0.717) is 13.0 Å². The number of ether oxygens (including phenoxy) is 1. The zero-order valence-corrected chi connectivity index (χ0v) is 14.6. The van der Waals surface area contributed by atoms with Gasteiger partial charge in [-0.2, -0.15) is 0 Å². The first kappa shape index (κ1) is 17.9. The minimum Gasteiger partial charge on any atom is -0.491 e. The summed E-state index contributed by atoms with van der Waals surface area (Å²) in [5.74, 6) is 0.868. The first-order chi connectivity index (χ1) is 11.6. The first-order valence-electron chi connectivity index (χ1n) is 8.47. The maximum atomic E-state index is 12.1. The molecule has 0 bridgehead atoms. The highest BCUT2D eigenvalue weighted by molar-refractivity contribution is 5.91. The standard InChI is InChI=1S/C20H26N2O2/c1-4-16-7-5-6-8-19(16)22-20(23)13-14-21-17-9-11-18(12-10-17)24-15(2)3/h5-12,15,21H,4,13-14H2,1-3H3,(H,22,23).